The molecular weight excluding hydrogens is 380 g/mol. The van der Waals surface area contributed by atoms with Crippen LogP contribution in [0, 0.1) is 0 Å². The topological polar surface area (TPSA) is 93.7 Å². The summed E-state index contributed by atoms with van der Waals surface area (Å²) in [6.07, 6.45) is 0.659. The van der Waals surface area contributed by atoms with Crippen molar-refractivity contribution in [1.82, 2.24) is 5.32 Å². The predicted octanol–water partition coefficient (Wildman–Crippen LogP) is 2.26. The summed E-state index contributed by atoms with van der Waals surface area (Å²) in [4.78, 5) is 36.4. The fourth-order valence-corrected chi connectivity index (χ4v) is 3.40. The van der Waals surface area contributed by atoms with Crippen molar-refractivity contribution in [2.45, 2.75) is 11.3 Å². The minimum absolute atomic E-state index is 0.112. The maximum atomic E-state index is 12.1. The summed E-state index contributed by atoms with van der Waals surface area (Å²) in [5.74, 6) is 0.0360. The number of hydrogen-bond donors (Lipinski definition) is 2. The van der Waals surface area contributed by atoms with Crippen LogP contribution < -0.4 is 15.4 Å². The smallest absolute Gasteiger partial charge is 0.338 e. The van der Waals surface area contributed by atoms with E-state index < -0.39 is 5.97 Å². The zero-order valence-electron chi connectivity index (χ0n) is 15.3. The average molecular weight is 400 g/mol. The van der Waals surface area contributed by atoms with Gasteiger partial charge < -0.3 is 20.1 Å². The number of amides is 2. The molecule has 0 aliphatic carbocycles. The van der Waals surface area contributed by atoms with Gasteiger partial charge in [-0.25, -0.2) is 4.79 Å². The summed E-state index contributed by atoms with van der Waals surface area (Å²) in [6.45, 7) is 0.0739. The Morgan fingerprint density at radius 3 is 2.71 bits per heavy atom. The molecule has 0 atom stereocenters. The molecular formula is C20H20N2O5S. The highest BCUT2D eigenvalue weighted by atomic mass is 32.2. The van der Waals surface area contributed by atoms with E-state index in [1.165, 1.54) is 11.8 Å². The third kappa shape index (κ3) is 5.26. The molecule has 7 nitrogen and oxygen atoms in total. The molecule has 2 N–H and O–H groups in total. The molecule has 3 rings (SSSR count). The van der Waals surface area contributed by atoms with Crippen LogP contribution in [0.5, 0.6) is 5.75 Å². The van der Waals surface area contributed by atoms with Gasteiger partial charge in [0.2, 0.25) is 5.91 Å². The lowest BCUT2D eigenvalue weighted by Gasteiger charge is -2.16. The van der Waals surface area contributed by atoms with E-state index in [2.05, 4.69) is 10.6 Å². The summed E-state index contributed by atoms with van der Waals surface area (Å²) in [5.41, 5.74) is 1.93. The van der Waals surface area contributed by atoms with E-state index in [0.29, 0.717) is 24.4 Å². The van der Waals surface area contributed by atoms with Crippen molar-refractivity contribution < 1.29 is 23.9 Å². The minimum Gasteiger partial charge on any atom is -0.497 e. The van der Waals surface area contributed by atoms with Crippen molar-refractivity contribution in [3.8, 4) is 5.75 Å². The predicted molar refractivity (Wildman–Crippen MR) is 106 cm³/mol. The molecule has 1 aliphatic rings. The number of methoxy groups -OCH3 is 1. The van der Waals surface area contributed by atoms with Gasteiger partial charge in [-0.1, -0.05) is 12.1 Å². The van der Waals surface area contributed by atoms with E-state index in [1.54, 1.807) is 25.3 Å². The lowest BCUT2D eigenvalue weighted by atomic mass is 10.1. The average Bonchev–Trinajstić information content (AvgIpc) is 2.72. The molecule has 0 saturated carbocycles. The second-order valence-corrected chi connectivity index (χ2v) is 7.09. The molecule has 0 fully saturated rings. The lowest BCUT2D eigenvalue weighted by Crippen LogP contribution is -2.30. The molecule has 2 amide bonds. The maximum Gasteiger partial charge on any atom is 0.338 e. The lowest BCUT2D eigenvalue weighted by molar-refractivity contribution is -0.124. The van der Waals surface area contributed by atoms with E-state index in [0.717, 1.165) is 16.2 Å². The number of fused-ring (bicyclic) bond motifs is 1. The Labute approximate surface area is 166 Å². The zero-order chi connectivity index (χ0) is 19.9. The number of benzene rings is 2. The van der Waals surface area contributed by atoms with Gasteiger partial charge in [0.1, 0.15) is 5.75 Å². The van der Waals surface area contributed by atoms with Crippen molar-refractivity contribution in [3.05, 3.63) is 53.6 Å². The summed E-state index contributed by atoms with van der Waals surface area (Å²) in [7, 11) is 1.61. The fraction of sp³-hybridized carbons (Fsp3) is 0.250. The highest BCUT2D eigenvalue weighted by molar-refractivity contribution is 8.00. The van der Waals surface area contributed by atoms with Crippen molar-refractivity contribution in [1.29, 1.82) is 0 Å². The number of esters is 1. The highest BCUT2D eigenvalue weighted by Crippen LogP contribution is 2.32. The van der Waals surface area contributed by atoms with Gasteiger partial charge in [0.15, 0.2) is 6.61 Å². The van der Waals surface area contributed by atoms with E-state index in [9.17, 15) is 14.4 Å². The quantitative estimate of drug-likeness (QED) is 0.693. The Hall–Kier alpha value is -3.00. The first kappa shape index (κ1) is 19.8. The Morgan fingerprint density at radius 2 is 1.96 bits per heavy atom. The van der Waals surface area contributed by atoms with E-state index in [-0.39, 0.29) is 24.0 Å². The van der Waals surface area contributed by atoms with Crippen LogP contribution in [0.2, 0.25) is 0 Å². The van der Waals surface area contributed by atoms with E-state index >= 15 is 0 Å². The molecule has 146 valence electrons. The zero-order valence-corrected chi connectivity index (χ0v) is 16.1. The Morgan fingerprint density at radius 1 is 1.18 bits per heavy atom. The van der Waals surface area contributed by atoms with Gasteiger partial charge in [0, 0.05) is 11.4 Å². The number of thioether (sulfide) groups is 1. The monoisotopic (exact) mass is 400 g/mol. The van der Waals surface area contributed by atoms with Crippen LogP contribution in [-0.4, -0.2) is 43.8 Å². The molecule has 0 spiro atoms. The highest BCUT2D eigenvalue weighted by Gasteiger charge is 2.18. The number of rotatable bonds is 7. The molecule has 1 aliphatic heterocycles. The number of anilines is 1. The van der Waals surface area contributed by atoms with Gasteiger partial charge in [-0.2, -0.15) is 0 Å². The van der Waals surface area contributed by atoms with Gasteiger partial charge in [0.05, 0.1) is 24.1 Å². The molecule has 0 unspecified atom stereocenters. The van der Waals surface area contributed by atoms with Gasteiger partial charge in [-0.15, -0.1) is 11.8 Å². The Balaban J connectivity index is 1.43. The Kier molecular flexibility index (Phi) is 6.54. The second-order valence-electron chi connectivity index (χ2n) is 6.07. The third-order valence-corrected chi connectivity index (χ3v) is 5.15. The number of ether oxygens (including phenoxy) is 2. The largest absolute Gasteiger partial charge is 0.497 e. The summed E-state index contributed by atoms with van der Waals surface area (Å²) in [5, 5.41) is 5.43. The van der Waals surface area contributed by atoms with Crippen LogP contribution in [0.25, 0.3) is 0 Å². The van der Waals surface area contributed by atoms with Gasteiger partial charge in [-0.05, 0) is 42.3 Å². The molecule has 0 saturated heterocycles. The molecule has 8 heteroatoms. The van der Waals surface area contributed by atoms with Gasteiger partial charge >= 0.3 is 5.97 Å². The normalized spacial score (nSPS) is 12.5. The molecule has 0 radical (unpaired) electrons. The van der Waals surface area contributed by atoms with Crippen molar-refractivity contribution >= 4 is 35.2 Å². The summed E-state index contributed by atoms with van der Waals surface area (Å²) in [6, 6.07) is 12.5. The fourth-order valence-electron chi connectivity index (χ4n) is 2.61. The number of hydrogen-bond acceptors (Lipinski definition) is 6. The van der Waals surface area contributed by atoms with Crippen LogP contribution in [-0.2, 0) is 20.7 Å². The van der Waals surface area contributed by atoms with Crippen LogP contribution in [0.4, 0.5) is 5.69 Å². The Bertz CT molecular complexity index is 883. The van der Waals surface area contributed by atoms with E-state index in [4.69, 9.17) is 9.47 Å². The van der Waals surface area contributed by atoms with Gasteiger partial charge in [-0.3, -0.25) is 9.59 Å². The van der Waals surface area contributed by atoms with E-state index in [1.807, 2.05) is 24.3 Å². The molecule has 0 bridgehead atoms. The molecule has 0 aromatic heterocycles. The van der Waals surface area contributed by atoms with Gasteiger partial charge in [0.25, 0.3) is 5.91 Å². The van der Waals surface area contributed by atoms with Crippen LogP contribution in [0.15, 0.2) is 47.4 Å². The van der Waals surface area contributed by atoms with Crippen molar-refractivity contribution in [2.75, 3.05) is 31.3 Å². The molecule has 2 aromatic rings. The molecule has 1 heterocycles. The maximum absolute atomic E-state index is 12.1. The second kappa shape index (κ2) is 9.27. The molecule has 28 heavy (non-hydrogen) atoms. The SMILES string of the molecule is COc1ccc(CCNC(=O)COC(=O)c2ccc3c(c2)NC(=O)CS3)cc1. The standard InChI is InChI=1S/C20H20N2O5S/c1-26-15-5-2-13(3-6-15)8-9-21-18(23)11-27-20(25)14-4-7-17-16(10-14)22-19(24)12-28-17/h2-7,10H,8-9,11-12H2,1H3,(H,21,23)(H,22,24). The number of carbonyl (C=O) groups is 3. The minimum atomic E-state index is -0.613. The van der Waals surface area contributed by atoms with Crippen LogP contribution in [0.1, 0.15) is 15.9 Å². The van der Waals surface area contributed by atoms with Crippen molar-refractivity contribution in [3.63, 3.8) is 0 Å². The van der Waals surface area contributed by atoms with Crippen LogP contribution >= 0.6 is 11.8 Å². The molecule has 2 aromatic carbocycles. The summed E-state index contributed by atoms with van der Waals surface area (Å²) < 4.78 is 10.2. The van der Waals surface area contributed by atoms with Crippen LogP contribution in [0.3, 0.4) is 0 Å². The first-order valence-electron chi connectivity index (χ1n) is 8.68. The third-order valence-electron chi connectivity index (χ3n) is 4.08. The first-order chi connectivity index (χ1) is 13.5. The number of carbonyl (C=O) groups excluding carboxylic acids is 3. The van der Waals surface area contributed by atoms with Crippen molar-refractivity contribution in [2.24, 2.45) is 0 Å². The number of nitrogens with one attached hydrogen (secondary N) is 2. The first-order valence-corrected chi connectivity index (χ1v) is 9.67. The summed E-state index contributed by atoms with van der Waals surface area (Å²) >= 11 is 1.41.